The van der Waals surface area contributed by atoms with Gasteiger partial charge in [-0.2, -0.15) is 0 Å². The number of rotatable bonds is 5. The summed E-state index contributed by atoms with van der Waals surface area (Å²) in [6, 6.07) is 0. The number of nitrogens with zero attached hydrogens (tertiary/aromatic N) is 2. The third-order valence-corrected chi connectivity index (χ3v) is 3.43. The molecule has 17 heavy (non-hydrogen) atoms. The summed E-state index contributed by atoms with van der Waals surface area (Å²) in [5.74, 6) is 0.214. The summed E-state index contributed by atoms with van der Waals surface area (Å²) in [6.45, 7) is 10.2. The quantitative estimate of drug-likeness (QED) is 0.760. The molecule has 0 aliphatic carbocycles. The second-order valence-electron chi connectivity index (χ2n) is 4.33. The molecule has 0 unspecified atom stereocenters. The van der Waals surface area contributed by atoms with Gasteiger partial charge in [-0.3, -0.25) is 0 Å². The number of ether oxygens (including phenoxy) is 1. The molecule has 0 saturated carbocycles. The van der Waals surface area contributed by atoms with Crippen molar-refractivity contribution in [3.05, 3.63) is 10.6 Å². The van der Waals surface area contributed by atoms with Gasteiger partial charge in [-0.1, -0.05) is 13.8 Å². The molecule has 0 N–H and O–H groups in total. The highest BCUT2D eigenvalue weighted by molar-refractivity contribution is 7.15. The first kappa shape index (κ1) is 14.0. The number of carbonyl (C=O) groups is 1. The summed E-state index contributed by atoms with van der Waals surface area (Å²) in [5.41, 5.74) is 0.440. The van der Waals surface area contributed by atoms with Crippen LogP contribution in [0.3, 0.4) is 0 Å². The first-order valence-electron chi connectivity index (χ1n) is 5.80. The van der Waals surface area contributed by atoms with Crippen LogP contribution < -0.4 is 4.90 Å². The number of aromatic nitrogens is 1. The molecule has 1 rings (SSSR count). The Morgan fingerprint density at radius 2 is 2.18 bits per heavy atom. The molecule has 1 aromatic heterocycles. The standard InChI is InChI=1S/C12H20N2O2S/c1-6-14(7-8(2)3)12-13-10(9(4)17-12)11(15)16-5/h8H,6-7H2,1-5H3. The molecule has 0 amide bonds. The molecular weight excluding hydrogens is 236 g/mol. The Balaban J connectivity index is 2.94. The van der Waals surface area contributed by atoms with E-state index in [1.165, 1.54) is 7.11 Å². The lowest BCUT2D eigenvalue weighted by Crippen LogP contribution is -2.27. The van der Waals surface area contributed by atoms with Crippen molar-refractivity contribution >= 4 is 22.4 Å². The maximum absolute atomic E-state index is 11.5. The third kappa shape index (κ3) is 3.43. The maximum Gasteiger partial charge on any atom is 0.357 e. The second-order valence-corrected chi connectivity index (χ2v) is 5.51. The lowest BCUT2D eigenvalue weighted by molar-refractivity contribution is 0.0594. The van der Waals surface area contributed by atoms with Crippen molar-refractivity contribution in [3.8, 4) is 0 Å². The minimum atomic E-state index is -0.356. The molecule has 0 aliphatic heterocycles. The minimum absolute atomic E-state index is 0.356. The predicted molar refractivity (Wildman–Crippen MR) is 70.9 cm³/mol. The number of aryl methyl sites for hydroxylation is 1. The van der Waals surface area contributed by atoms with Gasteiger partial charge < -0.3 is 9.64 Å². The Labute approximate surface area is 107 Å². The zero-order valence-corrected chi connectivity index (χ0v) is 11.9. The predicted octanol–water partition coefficient (Wildman–Crippen LogP) is 2.72. The van der Waals surface area contributed by atoms with E-state index in [2.05, 4.69) is 30.7 Å². The number of methoxy groups -OCH3 is 1. The summed E-state index contributed by atoms with van der Waals surface area (Å²) in [4.78, 5) is 19.0. The highest BCUT2D eigenvalue weighted by Gasteiger charge is 2.18. The molecule has 0 radical (unpaired) electrons. The monoisotopic (exact) mass is 256 g/mol. The van der Waals surface area contributed by atoms with Gasteiger partial charge in [0.05, 0.1) is 7.11 Å². The van der Waals surface area contributed by atoms with Gasteiger partial charge in [0.15, 0.2) is 10.8 Å². The Morgan fingerprint density at radius 1 is 1.53 bits per heavy atom. The number of anilines is 1. The van der Waals surface area contributed by atoms with E-state index in [-0.39, 0.29) is 5.97 Å². The van der Waals surface area contributed by atoms with Crippen LogP contribution in [0.2, 0.25) is 0 Å². The van der Waals surface area contributed by atoms with Crippen LogP contribution in [0.25, 0.3) is 0 Å². The number of hydrogen-bond donors (Lipinski definition) is 0. The molecule has 1 aromatic rings. The van der Waals surface area contributed by atoms with Crippen molar-refractivity contribution in [3.63, 3.8) is 0 Å². The van der Waals surface area contributed by atoms with Gasteiger partial charge in [-0.15, -0.1) is 11.3 Å². The Kier molecular flexibility index (Phi) is 4.93. The Hall–Kier alpha value is -1.10. The molecule has 0 spiro atoms. The van der Waals surface area contributed by atoms with Gasteiger partial charge in [0.25, 0.3) is 0 Å². The lowest BCUT2D eigenvalue weighted by Gasteiger charge is -2.21. The Morgan fingerprint density at radius 3 is 2.65 bits per heavy atom. The van der Waals surface area contributed by atoms with E-state index in [0.717, 1.165) is 23.1 Å². The van der Waals surface area contributed by atoms with Crippen molar-refractivity contribution in [2.24, 2.45) is 5.92 Å². The van der Waals surface area contributed by atoms with Crippen molar-refractivity contribution in [1.82, 2.24) is 4.98 Å². The highest BCUT2D eigenvalue weighted by atomic mass is 32.1. The van der Waals surface area contributed by atoms with E-state index < -0.39 is 0 Å². The number of hydrogen-bond acceptors (Lipinski definition) is 5. The van der Waals surface area contributed by atoms with E-state index in [4.69, 9.17) is 4.74 Å². The van der Waals surface area contributed by atoms with Crippen molar-refractivity contribution in [2.45, 2.75) is 27.7 Å². The molecule has 0 fully saturated rings. The van der Waals surface area contributed by atoms with Gasteiger partial charge in [0, 0.05) is 18.0 Å². The molecule has 0 bridgehead atoms. The lowest BCUT2D eigenvalue weighted by atomic mass is 10.2. The van der Waals surface area contributed by atoms with Crippen LogP contribution >= 0.6 is 11.3 Å². The smallest absolute Gasteiger partial charge is 0.357 e. The number of thiazole rings is 1. The van der Waals surface area contributed by atoms with Crippen molar-refractivity contribution < 1.29 is 9.53 Å². The molecule has 4 nitrogen and oxygen atoms in total. The summed E-state index contributed by atoms with van der Waals surface area (Å²) < 4.78 is 4.71. The van der Waals surface area contributed by atoms with E-state index in [1.807, 2.05) is 6.92 Å². The highest BCUT2D eigenvalue weighted by Crippen LogP contribution is 2.26. The van der Waals surface area contributed by atoms with Crippen molar-refractivity contribution in [2.75, 3.05) is 25.1 Å². The molecule has 5 heteroatoms. The number of carbonyl (C=O) groups excluding carboxylic acids is 1. The van der Waals surface area contributed by atoms with Gasteiger partial charge in [0.2, 0.25) is 0 Å². The van der Waals surface area contributed by atoms with Crippen LogP contribution in [0.15, 0.2) is 0 Å². The van der Waals surface area contributed by atoms with E-state index in [9.17, 15) is 4.79 Å². The zero-order chi connectivity index (χ0) is 13.0. The molecule has 0 atom stereocenters. The van der Waals surface area contributed by atoms with Crippen LogP contribution in [-0.4, -0.2) is 31.2 Å². The van der Waals surface area contributed by atoms with Gasteiger partial charge in [0.1, 0.15) is 0 Å². The topological polar surface area (TPSA) is 42.4 Å². The fraction of sp³-hybridized carbons (Fsp3) is 0.667. The second kappa shape index (κ2) is 6.00. The fourth-order valence-corrected chi connectivity index (χ4v) is 2.56. The first-order chi connectivity index (χ1) is 7.99. The van der Waals surface area contributed by atoms with E-state index in [0.29, 0.717) is 11.6 Å². The largest absolute Gasteiger partial charge is 0.464 e. The first-order valence-corrected chi connectivity index (χ1v) is 6.61. The van der Waals surface area contributed by atoms with E-state index >= 15 is 0 Å². The summed E-state index contributed by atoms with van der Waals surface area (Å²) in [5, 5.41) is 0.902. The molecular formula is C12H20N2O2S. The summed E-state index contributed by atoms with van der Waals surface area (Å²) in [6.07, 6.45) is 0. The minimum Gasteiger partial charge on any atom is -0.464 e. The van der Waals surface area contributed by atoms with Crippen LogP contribution in [0.5, 0.6) is 0 Å². The average molecular weight is 256 g/mol. The third-order valence-electron chi connectivity index (χ3n) is 2.40. The molecule has 0 aliphatic rings. The van der Waals surface area contributed by atoms with Crippen LogP contribution in [0.1, 0.15) is 36.1 Å². The summed E-state index contributed by atoms with van der Waals surface area (Å²) in [7, 11) is 1.38. The molecule has 0 aromatic carbocycles. The van der Waals surface area contributed by atoms with Gasteiger partial charge in [-0.25, -0.2) is 9.78 Å². The maximum atomic E-state index is 11.5. The summed E-state index contributed by atoms with van der Waals surface area (Å²) >= 11 is 1.55. The fourth-order valence-electron chi connectivity index (χ4n) is 1.59. The molecule has 96 valence electrons. The molecule has 1 heterocycles. The average Bonchev–Trinajstić information content (AvgIpc) is 2.66. The Bertz CT molecular complexity index is 388. The van der Waals surface area contributed by atoms with Gasteiger partial charge in [-0.05, 0) is 19.8 Å². The van der Waals surface area contributed by atoms with Crippen molar-refractivity contribution in [1.29, 1.82) is 0 Å². The zero-order valence-electron chi connectivity index (χ0n) is 11.1. The van der Waals surface area contributed by atoms with Crippen LogP contribution in [0, 0.1) is 12.8 Å². The number of esters is 1. The van der Waals surface area contributed by atoms with Crippen LogP contribution in [0.4, 0.5) is 5.13 Å². The van der Waals surface area contributed by atoms with E-state index in [1.54, 1.807) is 11.3 Å². The molecule has 0 saturated heterocycles. The normalized spacial score (nSPS) is 10.7. The van der Waals surface area contributed by atoms with Crippen LogP contribution in [-0.2, 0) is 4.74 Å². The van der Waals surface area contributed by atoms with Gasteiger partial charge >= 0.3 is 5.97 Å². The SMILES string of the molecule is CCN(CC(C)C)c1nc(C(=O)OC)c(C)s1.